The van der Waals surface area contributed by atoms with Crippen molar-refractivity contribution < 1.29 is 28.7 Å². The van der Waals surface area contributed by atoms with Gasteiger partial charge < -0.3 is 15.4 Å². The van der Waals surface area contributed by atoms with Gasteiger partial charge in [-0.05, 0) is 41.3 Å². The number of benzene rings is 3. The van der Waals surface area contributed by atoms with Gasteiger partial charge in [0.1, 0.15) is 17.4 Å². The molecule has 9 nitrogen and oxygen atoms in total. The van der Waals surface area contributed by atoms with Crippen LogP contribution in [0.1, 0.15) is 44.4 Å². The summed E-state index contributed by atoms with van der Waals surface area (Å²) in [4.78, 5) is 63.9. The fourth-order valence-corrected chi connectivity index (χ4v) is 4.96. The van der Waals surface area contributed by atoms with Gasteiger partial charge in [0.25, 0.3) is 0 Å². The van der Waals surface area contributed by atoms with Crippen LogP contribution in [0.25, 0.3) is 0 Å². The first kappa shape index (κ1) is 30.2. The Kier molecular flexibility index (Phi) is 9.85. The van der Waals surface area contributed by atoms with E-state index in [9.17, 15) is 24.0 Å². The number of nitrogens with one attached hydrogen (secondary N) is 3. The van der Waals surface area contributed by atoms with Gasteiger partial charge in [0.2, 0.25) is 23.6 Å². The summed E-state index contributed by atoms with van der Waals surface area (Å²) in [5.41, 5.74) is 1.46. The standard InChI is InChI=1S/C33H35N3O6/c1-20(2)30(31(39)29-21(3)32(40)36-33(29)41)35-28(38)19-26(23-12-6-4-7-13-23)34-27(37)18-22-11-10-16-25(17-22)42-24-14-8-5-9-15-24/h4-17,20-21,26,29-30H,18-19H2,1-3H3,(H,34,37)(H,35,38)(H,36,40,41)/t21-,26-,29+,30-/m0/s1. The second kappa shape index (κ2) is 13.7. The number of rotatable bonds is 12. The summed E-state index contributed by atoms with van der Waals surface area (Å²) >= 11 is 0. The molecule has 3 N–H and O–H groups in total. The maximum atomic E-state index is 13.3. The second-order valence-corrected chi connectivity index (χ2v) is 10.8. The Morgan fingerprint density at radius 1 is 0.810 bits per heavy atom. The highest BCUT2D eigenvalue weighted by molar-refractivity contribution is 6.16. The van der Waals surface area contributed by atoms with Gasteiger partial charge in [-0.15, -0.1) is 0 Å². The number of hydrogen-bond acceptors (Lipinski definition) is 6. The number of para-hydroxylation sites is 1. The number of amides is 4. The van der Waals surface area contributed by atoms with Crippen LogP contribution in [0.3, 0.4) is 0 Å². The summed E-state index contributed by atoms with van der Waals surface area (Å²) in [7, 11) is 0. The molecule has 4 atom stereocenters. The predicted octanol–water partition coefficient (Wildman–Crippen LogP) is 3.89. The first-order valence-electron chi connectivity index (χ1n) is 14.0. The molecule has 0 unspecified atom stereocenters. The molecule has 4 rings (SSSR count). The molecule has 4 amide bonds. The van der Waals surface area contributed by atoms with Crippen LogP contribution in [0, 0.1) is 17.8 Å². The van der Waals surface area contributed by atoms with Gasteiger partial charge >= 0.3 is 0 Å². The molecule has 1 saturated heterocycles. The molecular weight excluding hydrogens is 534 g/mol. The monoisotopic (exact) mass is 569 g/mol. The zero-order valence-electron chi connectivity index (χ0n) is 23.8. The van der Waals surface area contributed by atoms with Gasteiger partial charge in [-0.3, -0.25) is 29.3 Å². The van der Waals surface area contributed by atoms with E-state index >= 15 is 0 Å². The van der Waals surface area contributed by atoms with Crippen molar-refractivity contribution in [1.82, 2.24) is 16.0 Å². The van der Waals surface area contributed by atoms with E-state index in [1.54, 1.807) is 19.9 Å². The van der Waals surface area contributed by atoms with Gasteiger partial charge in [-0.25, -0.2) is 0 Å². The molecule has 0 aromatic heterocycles. The van der Waals surface area contributed by atoms with E-state index in [1.165, 1.54) is 6.92 Å². The molecule has 3 aromatic carbocycles. The lowest BCUT2D eigenvalue weighted by atomic mass is 9.85. The van der Waals surface area contributed by atoms with Crippen molar-refractivity contribution in [3.63, 3.8) is 0 Å². The second-order valence-electron chi connectivity index (χ2n) is 10.8. The molecule has 0 saturated carbocycles. The number of carbonyl (C=O) groups is 5. The Morgan fingerprint density at radius 3 is 2.07 bits per heavy atom. The molecule has 1 fully saturated rings. The lowest BCUT2D eigenvalue weighted by Gasteiger charge is -2.26. The van der Waals surface area contributed by atoms with Crippen LogP contribution in [0.5, 0.6) is 11.5 Å². The minimum Gasteiger partial charge on any atom is -0.457 e. The molecule has 218 valence electrons. The largest absolute Gasteiger partial charge is 0.457 e. The zero-order chi connectivity index (χ0) is 30.2. The highest BCUT2D eigenvalue weighted by Gasteiger charge is 2.46. The van der Waals surface area contributed by atoms with E-state index < -0.39 is 47.4 Å². The summed E-state index contributed by atoms with van der Waals surface area (Å²) in [6, 6.07) is 24.0. The van der Waals surface area contributed by atoms with E-state index in [1.807, 2.05) is 78.9 Å². The van der Waals surface area contributed by atoms with E-state index in [4.69, 9.17) is 4.74 Å². The number of hydrogen-bond donors (Lipinski definition) is 3. The third-order valence-electron chi connectivity index (χ3n) is 7.21. The molecule has 0 radical (unpaired) electrons. The summed E-state index contributed by atoms with van der Waals surface area (Å²) in [5.74, 6) is -3.43. The first-order valence-corrected chi connectivity index (χ1v) is 14.0. The molecular formula is C33H35N3O6. The molecule has 9 heteroatoms. The van der Waals surface area contributed by atoms with Crippen molar-refractivity contribution in [1.29, 1.82) is 0 Å². The van der Waals surface area contributed by atoms with Crippen LogP contribution in [-0.4, -0.2) is 35.5 Å². The lowest BCUT2D eigenvalue weighted by Crippen LogP contribution is -2.49. The first-order chi connectivity index (χ1) is 20.1. The highest BCUT2D eigenvalue weighted by Crippen LogP contribution is 2.25. The topological polar surface area (TPSA) is 131 Å². The third kappa shape index (κ3) is 7.69. The zero-order valence-corrected chi connectivity index (χ0v) is 23.8. The fourth-order valence-electron chi connectivity index (χ4n) is 4.96. The molecule has 1 heterocycles. The van der Waals surface area contributed by atoms with E-state index in [-0.39, 0.29) is 24.7 Å². The molecule has 1 aliphatic heterocycles. The molecule has 42 heavy (non-hydrogen) atoms. The average Bonchev–Trinajstić information content (AvgIpc) is 3.22. The molecule has 0 aliphatic carbocycles. The SMILES string of the molecule is CC(C)[C@H](NC(=O)C[C@H](NC(=O)Cc1cccc(Oc2ccccc2)c1)c1ccccc1)C(=O)[C@@H]1C(=O)NC(=O)[C@H]1C. The Labute approximate surface area is 245 Å². The normalized spacial score (nSPS) is 17.7. The molecule has 1 aliphatic rings. The summed E-state index contributed by atoms with van der Waals surface area (Å²) < 4.78 is 5.88. The van der Waals surface area contributed by atoms with Crippen molar-refractivity contribution in [2.75, 3.05) is 0 Å². The quantitative estimate of drug-likeness (QED) is 0.224. The van der Waals surface area contributed by atoms with Crippen LogP contribution in [-0.2, 0) is 30.4 Å². The van der Waals surface area contributed by atoms with E-state index in [0.717, 1.165) is 11.1 Å². The number of Topliss-reactive ketones (excluding diaryl/α,β-unsaturated/α-hetero) is 1. The Balaban J connectivity index is 1.44. The van der Waals surface area contributed by atoms with Crippen molar-refractivity contribution >= 4 is 29.4 Å². The summed E-state index contributed by atoms with van der Waals surface area (Å²) in [6.45, 7) is 5.04. The highest BCUT2D eigenvalue weighted by atomic mass is 16.5. The van der Waals surface area contributed by atoms with Gasteiger partial charge in [-0.2, -0.15) is 0 Å². The predicted molar refractivity (Wildman–Crippen MR) is 156 cm³/mol. The van der Waals surface area contributed by atoms with Gasteiger partial charge in [0.15, 0.2) is 5.78 Å². The maximum absolute atomic E-state index is 13.3. The molecule has 0 spiro atoms. The van der Waals surface area contributed by atoms with Crippen molar-refractivity contribution in [2.24, 2.45) is 17.8 Å². The average molecular weight is 570 g/mol. The minimum absolute atomic E-state index is 0.0623. The lowest BCUT2D eigenvalue weighted by molar-refractivity contribution is -0.137. The van der Waals surface area contributed by atoms with Crippen molar-refractivity contribution in [2.45, 2.75) is 45.7 Å². The van der Waals surface area contributed by atoms with Crippen LogP contribution >= 0.6 is 0 Å². The van der Waals surface area contributed by atoms with Crippen molar-refractivity contribution in [3.05, 3.63) is 96.1 Å². The van der Waals surface area contributed by atoms with Crippen LogP contribution in [0.15, 0.2) is 84.9 Å². The van der Waals surface area contributed by atoms with Crippen LogP contribution in [0.2, 0.25) is 0 Å². The molecule has 0 bridgehead atoms. The van der Waals surface area contributed by atoms with Gasteiger partial charge in [0.05, 0.1) is 30.8 Å². The fraction of sp³-hybridized carbons (Fsp3) is 0.303. The number of ether oxygens (including phenoxy) is 1. The number of ketones is 1. The Morgan fingerprint density at radius 2 is 1.45 bits per heavy atom. The van der Waals surface area contributed by atoms with Crippen LogP contribution < -0.4 is 20.7 Å². The number of carbonyl (C=O) groups excluding carboxylic acids is 5. The van der Waals surface area contributed by atoms with Gasteiger partial charge in [-0.1, -0.05) is 81.4 Å². The van der Waals surface area contributed by atoms with E-state index in [2.05, 4.69) is 16.0 Å². The number of imide groups is 1. The van der Waals surface area contributed by atoms with Gasteiger partial charge in [0, 0.05) is 0 Å². The maximum Gasteiger partial charge on any atom is 0.238 e. The van der Waals surface area contributed by atoms with E-state index in [0.29, 0.717) is 11.5 Å². The minimum atomic E-state index is -1.16. The summed E-state index contributed by atoms with van der Waals surface area (Å²) in [5, 5.41) is 7.90. The van der Waals surface area contributed by atoms with Crippen molar-refractivity contribution in [3.8, 4) is 11.5 Å². The molecule has 3 aromatic rings. The Hall–Kier alpha value is -4.79. The van der Waals surface area contributed by atoms with Crippen LogP contribution in [0.4, 0.5) is 0 Å². The third-order valence-corrected chi connectivity index (χ3v) is 7.21. The smallest absolute Gasteiger partial charge is 0.238 e. The Bertz CT molecular complexity index is 1440. The summed E-state index contributed by atoms with van der Waals surface area (Å²) in [6.07, 6.45) is -0.0679.